The van der Waals surface area contributed by atoms with Crippen LogP contribution in [0.1, 0.15) is 5.56 Å². The summed E-state index contributed by atoms with van der Waals surface area (Å²) in [5, 5.41) is 21.5. The van der Waals surface area contributed by atoms with E-state index in [0.29, 0.717) is 24.7 Å². The lowest BCUT2D eigenvalue weighted by Crippen LogP contribution is -2.06. The summed E-state index contributed by atoms with van der Waals surface area (Å²) in [4.78, 5) is 8.87. The normalized spacial score (nSPS) is 11.1. The van der Waals surface area contributed by atoms with Crippen LogP contribution in [0.5, 0.6) is 0 Å². The number of para-hydroxylation sites is 1. The van der Waals surface area contributed by atoms with E-state index >= 15 is 0 Å². The van der Waals surface area contributed by atoms with Crippen molar-refractivity contribution in [2.24, 2.45) is 0 Å². The molecule has 132 valence electrons. The first-order valence-corrected chi connectivity index (χ1v) is 8.15. The molecule has 0 saturated heterocycles. The number of nitrogens with zero attached hydrogens (tertiary/aromatic N) is 6. The second-order valence-electron chi connectivity index (χ2n) is 5.81. The molecule has 4 aromatic rings. The van der Waals surface area contributed by atoms with E-state index in [4.69, 9.17) is 10.8 Å². The van der Waals surface area contributed by atoms with Crippen molar-refractivity contribution >= 4 is 28.4 Å². The molecule has 1 aromatic carbocycles. The molecule has 26 heavy (non-hydrogen) atoms. The number of nitrogens with one attached hydrogen (secondary N) is 1. The third kappa shape index (κ3) is 3.20. The van der Waals surface area contributed by atoms with Crippen molar-refractivity contribution < 1.29 is 5.11 Å². The van der Waals surface area contributed by atoms with Crippen molar-refractivity contribution in [3.05, 3.63) is 54.6 Å². The monoisotopic (exact) mass is 350 g/mol. The number of aromatic nitrogens is 6. The number of hydrogen-bond donors (Lipinski definition) is 3. The summed E-state index contributed by atoms with van der Waals surface area (Å²) >= 11 is 0. The van der Waals surface area contributed by atoms with Crippen LogP contribution in [0.2, 0.25) is 0 Å². The van der Waals surface area contributed by atoms with Gasteiger partial charge in [-0.05, 0) is 11.6 Å². The Bertz CT molecular complexity index is 1040. The molecule has 0 bridgehead atoms. The Morgan fingerprint density at radius 3 is 2.85 bits per heavy atom. The molecule has 3 aromatic heterocycles. The van der Waals surface area contributed by atoms with Gasteiger partial charge in [0, 0.05) is 18.1 Å². The smallest absolute Gasteiger partial charge is 0.229 e. The first-order chi connectivity index (χ1) is 12.7. The highest BCUT2D eigenvalue weighted by Crippen LogP contribution is 2.18. The minimum atomic E-state index is 0.0331. The molecule has 0 atom stereocenters. The van der Waals surface area contributed by atoms with Gasteiger partial charge < -0.3 is 16.2 Å². The van der Waals surface area contributed by atoms with Gasteiger partial charge in [-0.2, -0.15) is 15.2 Å². The molecule has 0 spiro atoms. The van der Waals surface area contributed by atoms with Gasteiger partial charge >= 0.3 is 0 Å². The second kappa shape index (κ2) is 6.81. The zero-order chi connectivity index (χ0) is 17.9. The standard InChI is InChI=1S/C17H18N8O/c18-15-4-2-1-3-12(15)10-25-16-13(8-21-25)7-19-17(23-16)22-14-9-20-24(11-14)5-6-26/h1-4,7-9,11,26H,5-6,10,18H2,(H,19,22,23). The number of anilines is 3. The summed E-state index contributed by atoms with van der Waals surface area (Å²) in [6, 6.07) is 7.69. The summed E-state index contributed by atoms with van der Waals surface area (Å²) in [5.74, 6) is 0.448. The Kier molecular flexibility index (Phi) is 4.20. The SMILES string of the molecule is Nc1ccccc1Cn1ncc2cnc(Nc3cnn(CCO)c3)nc21. The Balaban J connectivity index is 1.60. The number of aliphatic hydroxyl groups excluding tert-OH is 1. The van der Waals surface area contributed by atoms with E-state index in [1.54, 1.807) is 34.2 Å². The molecule has 0 fully saturated rings. The molecule has 9 nitrogen and oxygen atoms in total. The lowest BCUT2D eigenvalue weighted by atomic mass is 10.2. The van der Waals surface area contributed by atoms with Crippen LogP contribution in [-0.2, 0) is 13.1 Å². The first kappa shape index (κ1) is 16.0. The number of fused-ring (bicyclic) bond motifs is 1. The Labute approximate surface area is 149 Å². The molecule has 4 N–H and O–H groups in total. The molecule has 0 aliphatic heterocycles. The Morgan fingerprint density at radius 2 is 2.00 bits per heavy atom. The minimum Gasteiger partial charge on any atom is -0.398 e. The fraction of sp³-hybridized carbons (Fsp3) is 0.176. The number of benzene rings is 1. The highest BCUT2D eigenvalue weighted by atomic mass is 16.3. The van der Waals surface area contributed by atoms with E-state index in [9.17, 15) is 0 Å². The molecule has 3 heterocycles. The van der Waals surface area contributed by atoms with Crippen molar-refractivity contribution in [2.75, 3.05) is 17.7 Å². The summed E-state index contributed by atoms with van der Waals surface area (Å²) in [6.45, 7) is 0.999. The zero-order valence-electron chi connectivity index (χ0n) is 13.9. The first-order valence-electron chi connectivity index (χ1n) is 8.15. The predicted octanol–water partition coefficient (Wildman–Crippen LogP) is 1.39. The zero-order valence-corrected chi connectivity index (χ0v) is 13.9. The van der Waals surface area contributed by atoms with E-state index in [-0.39, 0.29) is 6.61 Å². The van der Waals surface area contributed by atoms with Gasteiger partial charge in [-0.1, -0.05) is 18.2 Å². The van der Waals surface area contributed by atoms with Crippen LogP contribution >= 0.6 is 0 Å². The van der Waals surface area contributed by atoms with Crippen LogP contribution in [0.15, 0.2) is 49.1 Å². The van der Waals surface area contributed by atoms with Crippen molar-refractivity contribution in [1.82, 2.24) is 29.5 Å². The van der Waals surface area contributed by atoms with Gasteiger partial charge in [-0.3, -0.25) is 4.68 Å². The van der Waals surface area contributed by atoms with E-state index in [1.807, 2.05) is 24.3 Å². The number of nitrogens with two attached hydrogens (primary N) is 1. The van der Waals surface area contributed by atoms with Crippen LogP contribution in [0.4, 0.5) is 17.3 Å². The molecule has 4 rings (SSSR count). The lowest BCUT2D eigenvalue weighted by Gasteiger charge is -2.07. The van der Waals surface area contributed by atoms with Crippen molar-refractivity contribution in [2.45, 2.75) is 13.1 Å². The summed E-state index contributed by atoms with van der Waals surface area (Å²) in [6.07, 6.45) is 6.90. The van der Waals surface area contributed by atoms with Crippen molar-refractivity contribution in [3.8, 4) is 0 Å². The minimum absolute atomic E-state index is 0.0331. The van der Waals surface area contributed by atoms with E-state index in [0.717, 1.165) is 22.3 Å². The average Bonchev–Trinajstić information content (AvgIpc) is 3.24. The molecule has 0 unspecified atom stereocenters. The van der Waals surface area contributed by atoms with E-state index in [1.165, 1.54) is 0 Å². The Morgan fingerprint density at radius 1 is 1.12 bits per heavy atom. The molecular formula is C17H18N8O. The van der Waals surface area contributed by atoms with Gasteiger partial charge in [-0.25, -0.2) is 9.67 Å². The van der Waals surface area contributed by atoms with Gasteiger partial charge in [0.2, 0.25) is 5.95 Å². The Hall–Kier alpha value is -3.46. The molecular weight excluding hydrogens is 332 g/mol. The number of rotatable bonds is 6. The van der Waals surface area contributed by atoms with Crippen molar-refractivity contribution in [3.63, 3.8) is 0 Å². The summed E-state index contributed by atoms with van der Waals surface area (Å²) < 4.78 is 3.44. The van der Waals surface area contributed by atoms with Gasteiger partial charge in [0.15, 0.2) is 5.65 Å². The quantitative estimate of drug-likeness (QED) is 0.449. The topological polar surface area (TPSA) is 120 Å². The fourth-order valence-electron chi connectivity index (χ4n) is 2.66. The molecule has 0 aliphatic carbocycles. The van der Waals surface area contributed by atoms with Crippen molar-refractivity contribution in [1.29, 1.82) is 0 Å². The highest BCUT2D eigenvalue weighted by molar-refractivity contribution is 5.75. The van der Waals surface area contributed by atoms with E-state index < -0.39 is 0 Å². The van der Waals surface area contributed by atoms with E-state index in [2.05, 4.69) is 25.5 Å². The van der Waals surface area contributed by atoms with Crippen LogP contribution in [0, 0.1) is 0 Å². The van der Waals surface area contributed by atoms with Crippen LogP contribution in [0.25, 0.3) is 11.0 Å². The second-order valence-corrected chi connectivity index (χ2v) is 5.81. The van der Waals surface area contributed by atoms with Crippen LogP contribution in [0.3, 0.4) is 0 Å². The van der Waals surface area contributed by atoms with Crippen LogP contribution in [-0.4, -0.2) is 41.2 Å². The molecule has 0 saturated carbocycles. The predicted molar refractivity (Wildman–Crippen MR) is 97.9 cm³/mol. The molecule has 0 aliphatic rings. The average molecular weight is 350 g/mol. The molecule has 0 radical (unpaired) electrons. The molecule has 9 heteroatoms. The number of aliphatic hydroxyl groups is 1. The third-order valence-corrected chi connectivity index (χ3v) is 3.97. The maximum Gasteiger partial charge on any atom is 0.229 e. The molecule has 0 amide bonds. The number of nitrogen functional groups attached to an aromatic ring is 1. The maximum absolute atomic E-state index is 8.96. The summed E-state index contributed by atoms with van der Waals surface area (Å²) in [7, 11) is 0. The third-order valence-electron chi connectivity index (χ3n) is 3.97. The fourth-order valence-corrected chi connectivity index (χ4v) is 2.66. The number of hydrogen-bond acceptors (Lipinski definition) is 7. The highest BCUT2D eigenvalue weighted by Gasteiger charge is 2.09. The van der Waals surface area contributed by atoms with Gasteiger partial charge in [0.1, 0.15) is 0 Å². The lowest BCUT2D eigenvalue weighted by molar-refractivity contribution is 0.269. The largest absolute Gasteiger partial charge is 0.398 e. The van der Waals surface area contributed by atoms with Gasteiger partial charge in [0.25, 0.3) is 0 Å². The maximum atomic E-state index is 8.96. The van der Waals surface area contributed by atoms with Gasteiger partial charge in [-0.15, -0.1) is 0 Å². The van der Waals surface area contributed by atoms with Gasteiger partial charge in [0.05, 0.1) is 43.2 Å². The summed E-state index contributed by atoms with van der Waals surface area (Å²) in [5.41, 5.74) is 9.19. The van der Waals surface area contributed by atoms with Crippen LogP contribution < -0.4 is 11.1 Å².